The molecular formula is C12H6ClF3N4O. The van der Waals surface area contributed by atoms with Crippen LogP contribution in [-0.4, -0.2) is 26.1 Å². The average Bonchev–Trinajstić information content (AvgIpc) is 2.75. The Labute approximate surface area is 121 Å². The monoisotopic (exact) mass is 314 g/mol. The average molecular weight is 315 g/mol. The number of alkyl halides is 2. The Kier molecular flexibility index (Phi) is 3.38. The van der Waals surface area contributed by atoms with E-state index in [2.05, 4.69) is 19.7 Å². The lowest BCUT2D eigenvalue weighted by molar-refractivity contribution is -0.0528. The van der Waals surface area contributed by atoms with Crippen LogP contribution in [-0.2, 0) is 0 Å². The van der Waals surface area contributed by atoms with Crippen molar-refractivity contribution in [3.8, 4) is 11.7 Å². The molecule has 108 valence electrons. The van der Waals surface area contributed by atoms with Gasteiger partial charge < -0.3 is 4.74 Å². The first-order valence-corrected chi connectivity index (χ1v) is 6.04. The van der Waals surface area contributed by atoms with Crippen molar-refractivity contribution in [1.29, 1.82) is 0 Å². The van der Waals surface area contributed by atoms with Gasteiger partial charge in [-0.2, -0.15) is 18.7 Å². The molecule has 0 aliphatic heterocycles. The fourth-order valence-corrected chi connectivity index (χ4v) is 1.95. The Morgan fingerprint density at radius 3 is 2.81 bits per heavy atom. The van der Waals surface area contributed by atoms with E-state index in [0.29, 0.717) is 0 Å². The van der Waals surface area contributed by atoms with E-state index in [4.69, 9.17) is 11.6 Å². The lowest BCUT2D eigenvalue weighted by Crippen LogP contribution is -2.05. The van der Waals surface area contributed by atoms with Gasteiger partial charge in [0.25, 0.3) is 0 Å². The van der Waals surface area contributed by atoms with Gasteiger partial charge in [0.05, 0.1) is 5.39 Å². The molecule has 3 aromatic rings. The van der Waals surface area contributed by atoms with Gasteiger partial charge in [-0.3, -0.25) is 4.57 Å². The summed E-state index contributed by atoms with van der Waals surface area (Å²) in [7, 11) is 0. The Hall–Kier alpha value is -2.35. The molecular weight excluding hydrogens is 309 g/mol. The minimum absolute atomic E-state index is 0.0677. The van der Waals surface area contributed by atoms with Crippen LogP contribution in [0.15, 0.2) is 30.6 Å². The number of ether oxygens (including phenoxy) is 1. The summed E-state index contributed by atoms with van der Waals surface area (Å²) in [5.74, 6) is -0.703. The molecule has 5 nitrogen and oxygen atoms in total. The maximum atomic E-state index is 13.8. The zero-order valence-corrected chi connectivity index (χ0v) is 10.9. The van der Waals surface area contributed by atoms with Gasteiger partial charge in [0.1, 0.15) is 5.82 Å². The lowest BCUT2D eigenvalue weighted by atomic mass is 10.4. The standard InChI is InChI=1S/C12H6ClF3N4O/c13-11-17-4-6-7(14)5-20(10(6)19-11)8-2-1-3-9(18-8)21-12(15)16/h1-5,12H. The fourth-order valence-electron chi connectivity index (χ4n) is 1.82. The molecule has 0 aliphatic carbocycles. The van der Waals surface area contributed by atoms with Gasteiger partial charge in [0.2, 0.25) is 11.2 Å². The molecule has 0 unspecified atom stereocenters. The molecule has 0 radical (unpaired) electrons. The number of rotatable bonds is 3. The molecule has 3 rings (SSSR count). The van der Waals surface area contributed by atoms with Crippen LogP contribution in [0.1, 0.15) is 0 Å². The summed E-state index contributed by atoms with van der Waals surface area (Å²) in [5.41, 5.74) is 0.175. The topological polar surface area (TPSA) is 52.8 Å². The molecule has 3 aromatic heterocycles. The maximum absolute atomic E-state index is 13.8. The molecule has 3 heterocycles. The first kappa shape index (κ1) is 13.6. The molecule has 0 saturated carbocycles. The highest BCUT2D eigenvalue weighted by atomic mass is 35.5. The third kappa shape index (κ3) is 2.62. The number of halogens is 4. The van der Waals surface area contributed by atoms with Crippen molar-refractivity contribution in [3.63, 3.8) is 0 Å². The molecule has 21 heavy (non-hydrogen) atoms. The van der Waals surface area contributed by atoms with Crippen molar-refractivity contribution >= 4 is 22.6 Å². The van der Waals surface area contributed by atoms with Crippen LogP contribution in [0, 0.1) is 5.82 Å². The van der Waals surface area contributed by atoms with Crippen LogP contribution in [0.3, 0.4) is 0 Å². The third-order valence-corrected chi connectivity index (χ3v) is 2.81. The van der Waals surface area contributed by atoms with E-state index in [9.17, 15) is 13.2 Å². The van der Waals surface area contributed by atoms with Crippen LogP contribution < -0.4 is 4.74 Å². The molecule has 0 bridgehead atoms. The summed E-state index contributed by atoms with van der Waals surface area (Å²) in [5, 5.41) is 0.0724. The smallest absolute Gasteiger partial charge is 0.388 e. The summed E-state index contributed by atoms with van der Waals surface area (Å²) in [6, 6.07) is 4.21. The Balaban J connectivity index is 2.14. The minimum Gasteiger partial charge on any atom is -0.417 e. The summed E-state index contributed by atoms with van der Waals surface area (Å²) < 4.78 is 43.7. The van der Waals surface area contributed by atoms with Crippen LogP contribution in [0.2, 0.25) is 5.28 Å². The molecule has 0 amide bonds. The molecule has 0 saturated heterocycles. The van der Waals surface area contributed by atoms with Crippen LogP contribution >= 0.6 is 11.6 Å². The van der Waals surface area contributed by atoms with Crippen molar-refractivity contribution in [1.82, 2.24) is 19.5 Å². The van der Waals surface area contributed by atoms with Gasteiger partial charge in [-0.15, -0.1) is 0 Å². The molecule has 0 N–H and O–H groups in total. The molecule has 0 aliphatic rings. The van der Waals surface area contributed by atoms with Gasteiger partial charge in [0.15, 0.2) is 11.5 Å². The Morgan fingerprint density at radius 2 is 2.05 bits per heavy atom. The second-order valence-electron chi connectivity index (χ2n) is 3.94. The maximum Gasteiger partial charge on any atom is 0.388 e. The Bertz CT molecular complexity index is 808. The predicted molar refractivity (Wildman–Crippen MR) is 68.3 cm³/mol. The van der Waals surface area contributed by atoms with Crippen LogP contribution in [0.25, 0.3) is 16.9 Å². The zero-order valence-electron chi connectivity index (χ0n) is 10.2. The van der Waals surface area contributed by atoms with E-state index in [-0.39, 0.29) is 28.0 Å². The van der Waals surface area contributed by atoms with E-state index in [0.717, 1.165) is 6.20 Å². The van der Waals surface area contributed by atoms with Crippen molar-refractivity contribution in [2.24, 2.45) is 0 Å². The second kappa shape index (κ2) is 5.21. The molecule has 0 atom stereocenters. The van der Waals surface area contributed by atoms with Gasteiger partial charge in [-0.05, 0) is 17.7 Å². The SMILES string of the molecule is Fc1cn(-c2cccc(OC(F)F)n2)c2nc(Cl)ncc12. The minimum atomic E-state index is -3.00. The van der Waals surface area contributed by atoms with E-state index in [1.165, 1.54) is 29.0 Å². The highest BCUT2D eigenvalue weighted by Gasteiger charge is 2.14. The van der Waals surface area contributed by atoms with Crippen LogP contribution in [0.5, 0.6) is 5.88 Å². The number of pyridine rings is 1. The fraction of sp³-hybridized carbons (Fsp3) is 0.0833. The van der Waals surface area contributed by atoms with Crippen molar-refractivity contribution < 1.29 is 17.9 Å². The van der Waals surface area contributed by atoms with E-state index in [1.54, 1.807) is 0 Å². The van der Waals surface area contributed by atoms with Crippen LogP contribution in [0.4, 0.5) is 13.2 Å². The molecule has 0 fully saturated rings. The first-order chi connectivity index (χ1) is 10.0. The van der Waals surface area contributed by atoms with E-state index < -0.39 is 12.4 Å². The molecule has 9 heteroatoms. The van der Waals surface area contributed by atoms with Crippen molar-refractivity contribution in [2.45, 2.75) is 6.61 Å². The quantitative estimate of drug-likeness (QED) is 0.697. The van der Waals surface area contributed by atoms with E-state index >= 15 is 0 Å². The molecule has 0 aromatic carbocycles. The predicted octanol–water partition coefficient (Wildman–Crippen LogP) is 3.21. The summed E-state index contributed by atoms with van der Waals surface area (Å²) in [4.78, 5) is 11.5. The highest BCUT2D eigenvalue weighted by molar-refractivity contribution is 6.28. The van der Waals surface area contributed by atoms with E-state index in [1.807, 2.05) is 0 Å². The summed E-state index contributed by atoms with van der Waals surface area (Å²) in [6.45, 7) is -3.00. The number of fused-ring (bicyclic) bond motifs is 1. The summed E-state index contributed by atoms with van der Waals surface area (Å²) >= 11 is 5.69. The first-order valence-electron chi connectivity index (χ1n) is 5.66. The van der Waals surface area contributed by atoms with Gasteiger partial charge in [-0.1, -0.05) is 6.07 Å². The summed E-state index contributed by atoms with van der Waals surface area (Å²) in [6.07, 6.45) is 2.35. The number of aromatic nitrogens is 4. The Morgan fingerprint density at radius 1 is 1.24 bits per heavy atom. The number of hydrogen-bond acceptors (Lipinski definition) is 4. The zero-order chi connectivity index (χ0) is 15.0. The largest absolute Gasteiger partial charge is 0.417 e. The third-order valence-electron chi connectivity index (χ3n) is 2.63. The lowest BCUT2D eigenvalue weighted by Gasteiger charge is -2.07. The highest BCUT2D eigenvalue weighted by Crippen LogP contribution is 2.23. The van der Waals surface area contributed by atoms with Gasteiger partial charge >= 0.3 is 6.61 Å². The van der Waals surface area contributed by atoms with Crippen molar-refractivity contribution in [3.05, 3.63) is 41.7 Å². The van der Waals surface area contributed by atoms with Gasteiger partial charge in [0, 0.05) is 18.5 Å². The number of hydrogen-bond donors (Lipinski definition) is 0. The van der Waals surface area contributed by atoms with Gasteiger partial charge in [-0.25, -0.2) is 9.37 Å². The molecule has 0 spiro atoms. The second-order valence-corrected chi connectivity index (χ2v) is 4.27. The number of nitrogens with zero attached hydrogens (tertiary/aromatic N) is 4. The normalized spacial score (nSPS) is 11.3. The van der Waals surface area contributed by atoms with Crippen molar-refractivity contribution in [2.75, 3.05) is 0 Å².